The van der Waals surface area contributed by atoms with Crippen molar-refractivity contribution in [1.29, 1.82) is 0 Å². The van der Waals surface area contributed by atoms with E-state index in [1.807, 2.05) is 11.4 Å². The highest BCUT2D eigenvalue weighted by Gasteiger charge is 2.43. The van der Waals surface area contributed by atoms with E-state index in [1.54, 1.807) is 11.3 Å². The summed E-state index contributed by atoms with van der Waals surface area (Å²) in [5.74, 6) is 4.39. The molecule has 3 atom stereocenters. The molecule has 0 aromatic carbocycles. The van der Waals surface area contributed by atoms with Gasteiger partial charge in [0, 0.05) is 15.4 Å². The Balaban J connectivity index is 2.02. The normalized spacial score (nSPS) is 25.6. The van der Waals surface area contributed by atoms with Crippen molar-refractivity contribution in [2.75, 3.05) is 0 Å². The fourth-order valence-corrected chi connectivity index (χ4v) is 4.50. The predicted octanol–water partition coefficient (Wildman–Crippen LogP) is 4.25. The fourth-order valence-electron chi connectivity index (χ4n) is 2.92. The highest BCUT2D eigenvalue weighted by Crippen LogP contribution is 2.41. The molecule has 0 spiro atoms. The van der Waals surface area contributed by atoms with Gasteiger partial charge < -0.3 is 0 Å². The lowest BCUT2D eigenvalue weighted by molar-refractivity contribution is -0.186. The lowest BCUT2D eigenvalue weighted by Gasteiger charge is -2.35. The lowest BCUT2D eigenvalue weighted by atomic mass is 9.76. The third-order valence-corrected chi connectivity index (χ3v) is 6.01. The van der Waals surface area contributed by atoms with E-state index < -0.39 is 12.1 Å². The van der Waals surface area contributed by atoms with Crippen LogP contribution >= 0.6 is 27.3 Å². The number of thiophene rings is 1. The minimum absolute atomic E-state index is 0.0191. The van der Waals surface area contributed by atoms with Crippen molar-refractivity contribution in [3.8, 4) is 0 Å². The second-order valence-electron chi connectivity index (χ2n) is 5.33. The van der Waals surface area contributed by atoms with Crippen LogP contribution in [0.1, 0.15) is 30.6 Å². The molecule has 1 heterocycles. The highest BCUT2D eigenvalue weighted by atomic mass is 79.9. The molecular weight excluding hydrogens is 353 g/mol. The van der Waals surface area contributed by atoms with Gasteiger partial charge in [-0.05, 0) is 59.0 Å². The van der Waals surface area contributed by atoms with Gasteiger partial charge in [-0.2, -0.15) is 13.2 Å². The average Bonchev–Trinajstić information content (AvgIpc) is 2.80. The van der Waals surface area contributed by atoms with Crippen LogP contribution in [0.5, 0.6) is 0 Å². The monoisotopic (exact) mass is 370 g/mol. The van der Waals surface area contributed by atoms with Crippen LogP contribution in [0.15, 0.2) is 15.9 Å². The van der Waals surface area contributed by atoms with Gasteiger partial charge in [0.2, 0.25) is 0 Å². The lowest BCUT2D eigenvalue weighted by Crippen LogP contribution is -2.45. The number of rotatable bonds is 4. The number of hydrogen-bond acceptors (Lipinski definition) is 3. The first-order valence-electron chi connectivity index (χ1n) is 6.66. The van der Waals surface area contributed by atoms with Gasteiger partial charge >= 0.3 is 6.18 Å². The maximum atomic E-state index is 12.9. The summed E-state index contributed by atoms with van der Waals surface area (Å²) < 4.78 is 39.6. The quantitative estimate of drug-likeness (QED) is 0.613. The van der Waals surface area contributed by atoms with Gasteiger partial charge in [0.05, 0.1) is 5.92 Å². The van der Waals surface area contributed by atoms with E-state index in [1.165, 1.54) is 0 Å². The summed E-state index contributed by atoms with van der Waals surface area (Å²) in [6.45, 7) is 0. The molecule has 2 rings (SSSR count). The molecule has 1 saturated carbocycles. The summed E-state index contributed by atoms with van der Waals surface area (Å²) in [5.41, 5.74) is 2.73. The average molecular weight is 371 g/mol. The van der Waals surface area contributed by atoms with Crippen molar-refractivity contribution in [3.05, 3.63) is 20.8 Å². The largest absolute Gasteiger partial charge is 0.391 e. The van der Waals surface area contributed by atoms with Gasteiger partial charge in [-0.1, -0.05) is 6.42 Å². The Labute approximate surface area is 129 Å². The van der Waals surface area contributed by atoms with Crippen molar-refractivity contribution in [2.45, 2.75) is 44.3 Å². The van der Waals surface area contributed by atoms with E-state index in [2.05, 4.69) is 21.4 Å². The van der Waals surface area contributed by atoms with E-state index in [9.17, 15) is 13.2 Å². The SMILES string of the molecule is NNC(Cc1sccc1Br)C1CCCC(C(F)(F)F)C1. The van der Waals surface area contributed by atoms with Crippen LogP contribution in [-0.2, 0) is 6.42 Å². The molecule has 0 radical (unpaired) electrons. The van der Waals surface area contributed by atoms with E-state index in [0.717, 1.165) is 15.8 Å². The van der Waals surface area contributed by atoms with Crippen molar-refractivity contribution >= 4 is 27.3 Å². The molecule has 2 nitrogen and oxygen atoms in total. The number of alkyl halides is 3. The Hall–Kier alpha value is -0.110. The first kappa shape index (κ1) is 16.3. The summed E-state index contributed by atoms with van der Waals surface area (Å²) in [7, 11) is 0. The summed E-state index contributed by atoms with van der Waals surface area (Å²) >= 11 is 5.05. The van der Waals surface area contributed by atoms with E-state index >= 15 is 0 Å². The summed E-state index contributed by atoms with van der Waals surface area (Å²) in [5, 5.41) is 1.96. The van der Waals surface area contributed by atoms with Crippen LogP contribution in [-0.4, -0.2) is 12.2 Å². The van der Waals surface area contributed by atoms with Crippen molar-refractivity contribution in [3.63, 3.8) is 0 Å². The molecule has 1 aromatic heterocycles. The summed E-state index contributed by atoms with van der Waals surface area (Å²) in [6, 6.07) is 1.85. The Kier molecular flexibility index (Phi) is 5.50. The third-order valence-electron chi connectivity index (χ3n) is 4.06. The summed E-state index contributed by atoms with van der Waals surface area (Å²) in [6.07, 6.45) is -1.55. The first-order chi connectivity index (χ1) is 9.41. The van der Waals surface area contributed by atoms with Crippen molar-refractivity contribution in [1.82, 2.24) is 5.43 Å². The van der Waals surface area contributed by atoms with E-state index in [4.69, 9.17) is 5.84 Å². The van der Waals surface area contributed by atoms with Crippen LogP contribution in [0.3, 0.4) is 0 Å². The third kappa shape index (κ3) is 3.96. The predicted molar refractivity (Wildman–Crippen MR) is 78.3 cm³/mol. The number of hydrazine groups is 1. The van der Waals surface area contributed by atoms with Crippen molar-refractivity contribution in [2.24, 2.45) is 17.7 Å². The molecule has 20 heavy (non-hydrogen) atoms. The van der Waals surface area contributed by atoms with E-state index in [0.29, 0.717) is 12.8 Å². The zero-order valence-electron chi connectivity index (χ0n) is 10.9. The maximum Gasteiger partial charge on any atom is 0.391 e. The second-order valence-corrected chi connectivity index (χ2v) is 7.19. The van der Waals surface area contributed by atoms with E-state index in [-0.39, 0.29) is 24.8 Å². The maximum absolute atomic E-state index is 12.9. The minimum Gasteiger partial charge on any atom is -0.271 e. The topological polar surface area (TPSA) is 38.0 Å². The standard InChI is InChI=1S/C13H18BrF3N2S/c14-10-4-5-20-12(10)7-11(19-18)8-2-1-3-9(6-8)13(15,16)17/h4-5,8-9,11,19H,1-3,6-7,18H2. The van der Waals surface area contributed by atoms with Crippen LogP contribution in [0, 0.1) is 11.8 Å². The molecular formula is C13H18BrF3N2S. The molecule has 3 unspecified atom stereocenters. The zero-order valence-corrected chi connectivity index (χ0v) is 13.3. The molecule has 0 amide bonds. The molecule has 1 aromatic rings. The van der Waals surface area contributed by atoms with Gasteiger partial charge in [-0.25, -0.2) is 0 Å². The molecule has 0 bridgehead atoms. The van der Waals surface area contributed by atoms with Gasteiger partial charge in [-0.3, -0.25) is 11.3 Å². The second kappa shape index (κ2) is 6.77. The number of nitrogens with one attached hydrogen (secondary N) is 1. The van der Waals surface area contributed by atoms with Crippen LogP contribution < -0.4 is 11.3 Å². The fraction of sp³-hybridized carbons (Fsp3) is 0.692. The van der Waals surface area contributed by atoms with Crippen LogP contribution in [0.25, 0.3) is 0 Å². The Morgan fingerprint density at radius 2 is 2.20 bits per heavy atom. The summed E-state index contributed by atoms with van der Waals surface area (Å²) in [4.78, 5) is 1.13. The van der Waals surface area contributed by atoms with Crippen molar-refractivity contribution < 1.29 is 13.2 Å². The molecule has 114 valence electrons. The Morgan fingerprint density at radius 1 is 1.45 bits per heavy atom. The smallest absolute Gasteiger partial charge is 0.271 e. The minimum atomic E-state index is -4.08. The highest BCUT2D eigenvalue weighted by molar-refractivity contribution is 9.10. The van der Waals surface area contributed by atoms with Gasteiger partial charge in [0.15, 0.2) is 0 Å². The first-order valence-corrected chi connectivity index (χ1v) is 8.33. The molecule has 1 aliphatic rings. The molecule has 0 aliphatic heterocycles. The van der Waals surface area contributed by atoms with Crippen LogP contribution in [0.4, 0.5) is 13.2 Å². The number of nitrogens with two attached hydrogens (primary N) is 1. The molecule has 1 fully saturated rings. The number of hydrogen-bond donors (Lipinski definition) is 2. The van der Waals surface area contributed by atoms with Crippen LogP contribution in [0.2, 0.25) is 0 Å². The number of halogens is 4. The molecule has 1 aliphatic carbocycles. The Bertz CT molecular complexity index is 435. The zero-order chi connectivity index (χ0) is 14.8. The Morgan fingerprint density at radius 3 is 2.75 bits per heavy atom. The van der Waals surface area contributed by atoms with Gasteiger partial charge in [-0.15, -0.1) is 11.3 Å². The molecule has 7 heteroatoms. The molecule has 0 saturated heterocycles. The van der Waals surface area contributed by atoms with Gasteiger partial charge in [0.1, 0.15) is 0 Å². The molecule has 3 N–H and O–H groups in total. The van der Waals surface area contributed by atoms with Gasteiger partial charge in [0.25, 0.3) is 0 Å².